The van der Waals surface area contributed by atoms with Crippen LogP contribution in [0.1, 0.15) is 12.5 Å². The summed E-state index contributed by atoms with van der Waals surface area (Å²) in [4.78, 5) is 11.9. The first kappa shape index (κ1) is 14.1. The second-order valence-electron chi connectivity index (χ2n) is 3.43. The van der Waals surface area contributed by atoms with Crippen LogP contribution in [0, 0.1) is 0 Å². The van der Waals surface area contributed by atoms with Crippen LogP contribution in [-0.4, -0.2) is 24.1 Å². The molecule has 92 valence electrons. The highest BCUT2D eigenvalue weighted by Crippen LogP contribution is 2.23. The molecule has 1 unspecified atom stereocenters. The molecule has 0 bridgehead atoms. The van der Waals surface area contributed by atoms with E-state index in [1.165, 1.54) is 7.11 Å². The maximum atomic E-state index is 11.6. The lowest BCUT2D eigenvalue weighted by Crippen LogP contribution is -2.26. The number of hydrogen-bond acceptors (Lipinski definition) is 3. The second-order valence-corrected chi connectivity index (χ2v) is 4.72. The fraction of sp³-hybridized carbons (Fsp3) is 0.273. The van der Waals surface area contributed by atoms with Crippen molar-refractivity contribution in [2.45, 2.75) is 13.0 Å². The minimum Gasteiger partial charge on any atom is -0.389 e. The Morgan fingerprint density at radius 3 is 2.71 bits per heavy atom. The molecule has 3 N–H and O–H groups in total. The van der Waals surface area contributed by atoms with Crippen molar-refractivity contribution < 1.29 is 9.53 Å². The van der Waals surface area contributed by atoms with Crippen LogP contribution < -0.4 is 11.1 Å². The number of amides is 1. The minimum atomic E-state index is -0.503. The molecule has 0 fully saturated rings. The first-order chi connectivity index (χ1) is 7.95. The van der Waals surface area contributed by atoms with Crippen LogP contribution in [0.4, 0.5) is 5.69 Å². The van der Waals surface area contributed by atoms with Gasteiger partial charge in [-0.3, -0.25) is 4.79 Å². The number of anilines is 1. The van der Waals surface area contributed by atoms with E-state index >= 15 is 0 Å². The third-order valence-electron chi connectivity index (χ3n) is 2.23. The number of nitrogens with two attached hydrogens (primary N) is 1. The Morgan fingerprint density at radius 1 is 1.59 bits per heavy atom. The number of ether oxygens (including phenoxy) is 1. The molecule has 0 saturated heterocycles. The highest BCUT2D eigenvalue weighted by atomic mass is 79.9. The lowest BCUT2D eigenvalue weighted by Gasteiger charge is -2.12. The van der Waals surface area contributed by atoms with Gasteiger partial charge in [0.1, 0.15) is 11.1 Å². The van der Waals surface area contributed by atoms with Crippen molar-refractivity contribution in [3.05, 3.63) is 28.2 Å². The zero-order valence-electron chi connectivity index (χ0n) is 9.49. The molecule has 1 aromatic carbocycles. The van der Waals surface area contributed by atoms with Gasteiger partial charge in [-0.2, -0.15) is 0 Å². The standard InChI is InChI=1S/C11H13BrN2O2S/c1-6(16-2)11(15)14-9-4-3-7(10(13)17)5-8(9)12/h3-6H,1-2H3,(H2,13,17)(H,14,15). The number of methoxy groups -OCH3 is 1. The molecule has 0 aliphatic carbocycles. The molecule has 1 atom stereocenters. The van der Waals surface area contributed by atoms with Crippen LogP contribution in [0.2, 0.25) is 0 Å². The molecule has 0 radical (unpaired) electrons. The Morgan fingerprint density at radius 2 is 2.24 bits per heavy atom. The molecular formula is C11H13BrN2O2S. The summed E-state index contributed by atoms with van der Waals surface area (Å²) in [6.07, 6.45) is -0.503. The number of halogens is 1. The summed E-state index contributed by atoms with van der Waals surface area (Å²) in [5.74, 6) is -0.212. The largest absolute Gasteiger partial charge is 0.389 e. The predicted octanol–water partition coefficient (Wildman–Crippen LogP) is 2.06. The Labute approximate surface area is 114 Å². The number of hydrogen-bond donors (Lipinski definition) is 2. The zero-order chi connectivity index (χ0) is 13.0. The quantitative estimate of drug-likeness (QED) is 0.835. The number of carbonyl (C=O) groups is 1. The number of rotatable bonds is 4. The average Bonchev–Trinajstić information content (AvgIpc) is 2.30. The molecule has 0 spiro atoms. The summed E-state index contributed by atoms with van der Waals surface area (Å²) in [5.41, 5.74) is 6.90. The van der Waals surface area contributed by atoms with Gasteiger partial charge in [-0.25, -0.2) is 0 Å². The maximum Gasteiger partial charge on any atom is 0.253 e. The molecule has 0 aliphatic heterocycles. The molecule has 17 heavy (non-hydrogen) atoms. The van der Waals surface area contributed by atoms with E-state index < -0.39 is 6.10 Å². The molecule has 1 rings (SSSR count). The third-order valence-corrected chi connectivity index (χ3v) is 3.13. The summed E-state index contributed by atoms with van der Waals surface area (Å²) in [6, 6.07) is 5.24. The fourth-order valence-corrected chi connectivity index (χ4v) is 1.72. The van der Waals surface area contributed by atoms with Crippen LogP contribution in [0.25, 0.3) is 0 Å². The Balaban J connectivity index is 2.86. The van der Waals surface area contributed by atoms with Gasteiger partial charge >= 0.3 is 0 Å². The van der Waals surface area contributed by atoms with Gasteiger partial charge in [0.25, 0.3) is 5.91 Å². The summed E-state index contributed by atoms with van der Waals surface area (Å²) in [6.45, 7) is 1.67. The molecule has 4 nitrogen and oxygen atoms in total. The monoisotopic (exact) mass is 316 g/mol. The van der Waals surface area contributed by atoms with Gasteiger partial charge in [-0.1, -0.05) is 12.2 Å². The van der Waals surface area contributed by atoms with E-state index in [9.17, 15) is 4.79 Å². The SMILES string of the molecule is COC(C)C(=O)Nc1ccc(C(N)=S)cc1Br. The smallest absolute Gasteiger partial charge is 0.253 e. The van der Waals surface area contributed by atoms with E-state index in [0.29, 0.717) is 10.7 Å². The molecule has 6 heteroatoms. The molecular weight excluding hydrogens is 304 g/mol. The highest BCUT2D eigenvalue weighted by Gasteiger charge is 2.13. The van der Waals surface area contributed by atoms with Gasteiger partial charge in [-0.15, -0.1) is 0 Å². The molecule has 0 heterocycles. The van der Waals surface area contributed by atoms with Gasteiger partial charge in [0, 0.05) is 17.1 Å². The first-order valence-electron chi connectivity index (χ1n) is 4.88. The van der Waals surface area contributed by atoms with Gasteiger partial charge < -0.3 is 15.8 Å². The topological polar surface area (TPSA) is 64.3 Å². The Hall–Kier alpha value is -0.980. The van der Waals surface area contributed by atoms with E-state index in [0.717, 1.165) is 10.0 Å². The zero-order valence-corrected chi connectivity index (χ0v) is 11.9. The van der Waals surface area contributed by atoms with Gasteiger partial charge in [0.15, 0.2) is 0 Å². The lowest BCUT2D eigenvalue weighted by molar-refractivity contribution is -0.124. The summed E-state index contributed by atoms with van der Waals surface area (Å²) in [7, 11) is 1.48. The second kappa shape index (κ2) is 6.09. The third kappa shape index (κ3) is 3.76. The van der Waals surface area contributed by atoms with E-state index in [4.69, 9.17) is 22.7 Å². The van der Waals surface area contributed by atoms with Crippen LogP contribution in [-0.2, 0) is 9.53 Å². The van der Waals surface area contributed by atoms with E-state index in [1.807, 2.05) is 0 Å². The van der Waals surface area contributed by atoms with Crippen molar-refractivity contribution in [3.63, 3.8) is 0 Å². The van der Waals surface area contributed by atoms with Crippen LogP contribution in [0.5, 0.6) is 0 Å². The number of nitrogens with one attached hydrogen (secondary N) is 1. The van der Waals surface area contributed by atoms with Crippen molar-refractivity contribution in [2.24, 2.45) is 5.73 Å². The maximum absolute atomic E-state index is 11.6. The predicted molar refractivity (Wildman–Crippen MR) is 75.1 cm³/mol. The highest BCUT2D eigenvalue weighted by molar-refractivity contribution is 9.10. The van der Waals surface area contributed by atoms with Crippen molar-refractivity contribution in [1.82, 2.24) is 0 Å². The molecule has 0 aliphatic rings. The number of thiocarbonyl (C=S) groups is 1. The molecule has 1 aromatic rings. The van der Waals surface area contributed by atoms with E-state index in [2.05, 4.69) is 21.2 Å². The molecule has 0 aromatic heterocycles. The van der Waals surface area contributed by atoms with Gasteiger partial charge in [0.05, 0.1) is 5.69 Å². The first-order valence-corrected chi connectivity index (χ1v) is 6.09. The fourth-order valence-electron chi connectivity index (χ4n) is 1.11. The summed E-state index contributed by atoms with van der Waals surface area (Å²) >= 11 is 8.21. The number of carbonyl (C=O) groups excluding carboxylic acids is 1. The van der Waals surface area contributed by atoms with Crippen molar-refractivity contribution in [2.75, 3.05) is 12.4 Å². The Kier molecular flexibility index (Phi) is 5.04. The number of benzene rings is 1. The van der Waals surface area contributed by atoms with Crippen LogP contribution in [0.3, 0.4) is 0 Å². The lowest BCUT2D eigenvalue weighted by atomic mass is 10.2. The molecule has 1 amide bonds. The molecule has 0 saturated carbocycles. The minimum absolute atomic E-state index is 0.212. The van der Waals surface area contributed by atoms with Crippen LogP contribution >= 0.6 is 28.1 Å². The van der Waals surface area contributed by atoms with E-state index in [-0.39, 0.29) is 5.91 Å². The Bertz CT molecular complexity index is 451. The van der Waals surface area contributed by atoms with Crippen molar-refractivity contribution in [1.29, 1.82) is 0 Å². The summed E-state index contributed by atoms with van der Waals surface area (Å²) in [5, 5.41) is 2.73. The van der Waals surface area contributed by atoms with Crippen molar-refractivity contribution >= 4 is 44.7 Å². The van der Waals surface area contributed by atoms with Gasteiger partial charge in [0.2, 0.25) is 0 Å². The van der Waals surface area contributed by atoms with Crippen LogP contribution in [0.15, 0.2) is 22.7 Å². The average molecular weight is 317 g/mol. The van der Waals surface area contributed by atoms with Crippen molar-refractivity contribution in [3.8, 4) is 0 Å². The van der Waals surface area contributed by atoms with Gasteiger partial charge in [-0.05, 0) is 41.1 Å². The van der Waals surface area contributed by atoms with E-state index in [1.54, 1.807) is 25.1 Å². The summed E-state index contributed by atoms with van der Waals surface area (Å²) < 4.78 is 5.64. The normalized spacial score (nSPS) is 11.9.